The highest BCUT2D eigenvalue weighted by Crippen LogP contribution is 2.50. The number of alkyl halides is 2. The number of imidazole rings is 1. The Labute approximate surface area is 255 Å². The maximum Gasteiger partial charge on any atom is 0.323 e. The average Bonchev–Trinajstić information content (AvgIpc) is 3.51. The molecule has 236 valence electrons. The molecular formula is C27H31F2N6O7PS. The molecule has 0 amide bonds. The van der Waals surface area contributed by atoms with Gasteiger partial charge in [0, 0.05) is 0 Å². The summed E-state index contributed by atoms with van der Waals surface area (Å²) in [6, 6.07) is 11.4. The van der Waals surface area contributed by atoms with E-state index in [1.54, 1.807) is 32.0 Å². The van der Waals surface area contributed by atoms with Gasteiger partial charge in [-0.15, -0.1) is 0 Å². The topological polar surface area (TPSA) is 176 Å². The molecule has 0 bridgehead atoms. The molecule has 17 heteroatoms. The van der Waals surface area contributed by atoms with Gasteiger partial charge in [0.1, 0.15) is 35.8 Å². The first-order valence-corrected chi connectivity index (χ1v) is 16.1. The molecule has 4 aromatic rings. The van der Waals surface area contributed by atoms with Crippen molar-refractivity contribution in [3.8, 4) is 5.75 Å². The van der Waals surface area contributed by atoms with Gasteiger partial charge in [-0.3, -0.25) is 9.36 Å². The number of nitrogens with one attached hydrogen (secondary N) is 1. The van der Waals surface area contributed by atoms with Crippen molar-refractivity contribution in [3.05, 3.63) is 55.1 Å². The van der Waals surface area contributed by atoms with Crippen molar-refractivity contribution < 1.29 is 42.3 Å². The van der Waals surface area contributed by atoms with E-state index in [0.29, 0.717) is 0 Å². The highest BCUT2D eigenvalue weighted by atomic mass is 32.5. The fourth-order valence-corrected chi connectivity index (χ4v) is 7.13. The van der Waals surface area contributed by atoms with E-state index >= 15 is 0 Å². The smallest absolute Gasteiger partial charge is 0.323 e. The van der Waals surface area contributed by atoms with Gasteiger partial charge in [-0.2, -0.15) is 0 Å². The number of aliphatic hydroxyl groups is 2. The number of aromatic nitrogens is 4. The van der Waals surface area contributed by atoms with Crippen LogP contribution in [0, 0.1) is 0 Å². The van der Waals surface area contributed by atoms with Gasteiger partial charge < -0.3 is 34.5 Å². The molecule has 1 saturated heterocycles. The minimum atomic E-state index is -3.86. The first-order valence-electron chi connectivity index (χ1n) is 13.5. The molecule has 1 fully saturated rings. The fraction of sp³-hybridized carbons (Fsp3) is 0.407. The normalized spacial score (nSPS) is 24.2. The molecule has 1 aliphatic heterocycles. The maximum atomic E-state index is 14.8. The van der Waals surface area contributed by atoms with Crippen LogP contribution in [-0.4, -0.2) is 78.7 Å². The number of esters is 1. The van der Waals surface area contributed by atoms with Crippen LogP contribution in [0.1, 0.15) is 27.0 Å². The number of carbonyl (C=O) groups is 1. The highest BCUT2D eigenvalue weighted by Gasteiger charge is 2.61. The Balaban J connectivity index is 1.45. The van der Waals surface area contributed by atoms with E-state index in [1.165, 1.54) is 13.3 Å². The molecule has 44 heavy (non-hydrogen) atoms. The third kappa shape index (κ3) is 6.24. The SMILES string of the molecule is CC(C)OC(=O)C(C)NP(=S)(OCC1(C(F)F)OC(n2cnc3c(N)ncnc32)C(O)C1O)Oc1ccc2ccccc2c1. The van der Waals surface area contributed by atoms with E-state index < -0.39 is 61.8 Å². The van der Waals surface area contributed by atoms with Crippen LogP contribution in [0.3, 0.4) is 0 Å². The Morgan fingerprint density at radius 3 is 2.61 bits per heavy atom. The van der Waals surface area contributed by atoms with Gasteiger partial charge >= 0.3 is 12.6 Å². The van der Waals surface area contributed by atoms with Gasteiger partial charge in [0.15, 0.2) is 23.3 Å². The van der Waals surface area contributed by atoms with Crippen LogP contribution < -0.4 is 15.3 Å². The lowest BCUT2D eigenvalue weighted by molar-refractivity contribution is -0.191. The molecule has 3 heterocycles. The van der Waals surface area contributed by atoms with E-state index in [4.69, 9.17) is 36.1 Å². The average molecular weight is 653 g/mol. The summed E-state index contributed by atoms with van der Waals surface area (Å²) >= 11 is 5.70. The van der Waals surface area contributed by atoms with Crippen LogP contribution in [-0.2, 0) is 30.6 Å². The predicted octanol–water partition coefficient (Wildman–Crippen LogP) is 3.07. The lowest BCUT2D eigenvalue weighted by Crippen LogP contribution is -2.53. The number of anilines is 1. The number of ether oxygens (including phenoxy) is 2. The minimum Gasteiger partial charge on any atom is -0.462 e. The summed E-state index contributed by atoms with van der Waals surface area (Å²) in [7, 11) is 0. The summed E-state index contributed by atoms with van der Waals surface area (Å²) in [5, 5.41) is 26.4. The summed E-state index contributed by atoms with van der Waals surface area (Å²) in [5.74, 6) is -0.416. The van der Waals surface area contributed by atoms with Crippen molar-refractivity contribution in [3.63, 3.8) is 0 Å². The van der Waals surface area contributed by atoms with Crippen molar-refractivity contribution in [2.75, 3.05) is 12.3 Å². The number of hydrogen-bond acceptors (Lipinski definition) is 12. The monoisotopic (exact) mass is 652 g/mol. The molecule has 2 aromatic carbocycles. The van der Waals surface area contributed by atoms with Crippen LogP contribution in [0.25, 0.3) is 21.9 Å². The fourth-order valence-electron chi connectivity index (χ4n) is 4.71. The number of nitrogens with two attached hydrogens (primary N) is 1. The molecule has 5 rings (SSSR count). The number of nitrogen functional groups attached to an aromatic ring is 1. The zero-order chi connectivity index (χ0) is 31.8. The quantitative estimate of drug-likeness (QED) is 0.138. The third-order valence-corrected chi connectivity index (χ3v) is 9.43. The summed E-state index contributed by atoms with van der Waals surface area (Å²) in [4.78, 5) is 24.6. The second-order valence-electron chi connectivity index (χ2n) is 10.5. The summed E-state index contributed by atoms with van der Waals surface area (Å²) in [5.41, 5.74) is 3.28. The zero-order valence-corrected chi connectivity index (χ0v) is 25.5. The van der Waals surface area contributed by atoms with E-state index in [2.05, 4.69) is 20.0 Å². The van der Waals surface area contributed by atoms with Gasteiger partial charge in [-0.05, 0) is 55.5 Å². The van der Waals surface area contributed by atoms with E-state index in [-0.39, 0.29) is 22.7 Å². The van der Waals surface area contributed by atoms with E-state index in [9.17, 15) is 23.8 Å². The van der Waals surface area contributed by atoms with Crippen LogP contribution in [0.2, 0.25) is 0 Å². The van der Waals surface area contributed by atoms with Gasteiger partial charge in [-0.1, -0.05) is 30.3 Å². The van der Waals surface area contributed by atoms with Crippen molar-refractivity contribution in [2.24, 2.45) is 0 Å². The predicted molar refractivity (Wildman–Crippen MR) is 159 cm³/mol. The Morgan fingerprint density at radius 1 is 1.18 bits per heavy atom. The molecule has 13 nitrogen and oxygen atoms in total. The van der Waals surface area contributed by atoms with Gasteiger partial charge in [0.25, 0.3) is 6.43 Å². The number of fused-ring (bicyclic) bond motifs is 2. The zero-order valence-electron chi connectivity index (χ0n) is 23.8. The molecule has 1 aliphatic rings. The number of hydrogen-bond donors (Lipinski definition) is 4. The number of benzene rings is 2. The number of halogens is 2. The molecule has 0 aliphatic carbocycles. The van der Waals surface area contributed by atoms with Crippen LogP contribution >= 0.6 is 6.64 Å². The molecule has 0 saturated carbocycles. The first kappa shape index (κ1) is 32.0. The summed E-state index contributed by atoms with van der Waals surface area (Å²) in [6.45, 7) is -0.103. The molecule has 0 spiro atoms. The molecule has 2 aromatic heterocycles. The van der Waals surface area contributed by atoms with Gasteiger partial charge in [0.05, 0.1) is 19.0 Å². The molecule has 6 unspecified atom stereocenters. The van der Waals surface area contributed by atoms with Crippen molar-refractivity contribution in [1.29, 1.82) is 0 Å². The van der Waals surface area contributed by atoms with Crippen molar-refractivity contribution in [2.45, 2.75) is 63.4 Å². The third-order valence-electron chi connectivity index (χ3n) is 6.95. The van der Waals surface area contributed by atoms with Crippen molar-refractivity contribution >= 4 is 52.2 Å². The summed E-state index contributed by atoms with van der Waals surface area (Å²) in [6.07, 6.45) is -7.09. The van der Waals surface area contributed by atoms with E-state index in [0.717, 1.165) is 21.7 Å². The molecule has 0 radical (unpaired) electrons. The Morgan fingerprint density at radius 2 is 1.91 bits per heavy atom. The second kappa shape index (κ2) is 12.6. The number of nitrogens with zero attached hydrogens (tertiary/aromatic N) is 4. The van der Waals surface area contributed by atoms with Crippen LogP contribution in [0.5, 0.6) is 5.75 Å². The second-order valence-corrected chi connectivity index (χ2v) is 13.6. The lowest BCUT2D eigenvalue weighted by Gasteiger charge is -2.34. The standard InChI is InChI=1S/C27H31F2N6O7PS/c1-14(2)40-25(38)15(3)34-43(44,42-18-9-8-16-6-4-5-7-17(16)10-18)39-11-27(26(28)29)21(37)20(36)24(41-27)35-13-33-19-22(30)31-12-32-23(19)35/h4-10,12-15,20-21,24,26,36-37H,11H2,1-3H3,(H,34,44)(H2,30,31,32). The molecule has 5 N–H and O–H groups in total. The molecular weight excluding hydrogens is 621 g/mol. The number of carbonyl (C=O) groups excluding carboxylic acids is 1. The maximum absolute atomic E-state index is 14.8. The largest absolute Gasteiger partial charge is 0.462 e. The number of aliphatic hydroxyl groups excluding tert-OH is 2. The minimum absolute atomic E-state index is 0.0213. The summed E-state index contributed by atoms with van der Waals surface area (Å²) < 4.78 is 53.6. The van der Waals surface area contributed by atoms with Crippen molar-refractivity contribution in [1.82, 2.24) is 24.6 Å². The van der Waals surface area contributed by atoms with Crippen LogP contribution in [0.15, 0.2) is 55.1 Å². The molecule has 6 atom stereocenters. The van der Waals surface area contributed by atoms with Gasteiger partial charge in [0.2, 0.25) is 0 Å². The van der Waals surface area contributed by atoms with E-state index in [1.807, 2.05) is 24.3 Å². The lowest BCUT2D eigenvalue weighted by atomic mass is 9.96. The van der Waals surface area contributed by atoms with Crippen LogP contribution in [0.4, 0.5) is 14.6 Å². The Kier molecular flexibility index (Phi) is 9.14. The first-order chi connectivity index (χ1) is 20.8. The van der Waals surface area contributed by atoms with Gasteiger partial charge in [-0.25, -0.2) is 28.8 Å². The Hall–Kier alpha value is -3.37. The number of rotatable bonds is 11. The highest BCUT2D eigenvalue weighted by molar-refractivity contribution is 8.09. The Bertz CT molecular complexity index is 1710.